The molecule has 0 unspecified atom stereocenters. The number of non-ortho nitro benzene ring substituents is 1. The Morgan fingerprint density at radius 1 is 1.39 bits per heavy atom. The summed E-state index contributed by atoms with van der Waals surface area (Å²) in [5.41, 5.74) is -0.0705. The number of nitro groups is 1. The summed E-state index contributed by atoms with van der Waals surface area (Å²) >= 11 is 5.49. The largest absolute Gasteiger partial charge is 0.612 e. The summed E-state index contributed by atoms with van der Waals surface area (Å²) in [6.45, 7) is 0.242. The molecule has 0 saturated carbocycles. The second-order valence-corrected chi connectivity index (χ2v) is 4.76. The van der Waals surface area contributed by atoms with Crippen molar-refractivity contribution in [2.24, 2.45) is 0 Å². The van der Waals surface area contributed by atoms with Crippen molar-refractivity contribution >= 4 is 31.8 Å². The highest BCUT2D eigenvalue weighted by Gasteiger charge is 2.10. The fourth-order valence-electron chi connectivity index (χ4n) is 1.06. The summed E-state index contributed by atoms with van der Waals surface area (Å²) < 4.78 is 9.59. The molecule has 95 valence electrons. The predicted octanol–water partition coefficient (Wildman–Crippen LogP) is 2.78. The lowest BCUT2D eigenvalue weighted by Crippen LogP contribution is -2.11. The molecule has 0 aromatic heterocycles. The second-order valence-electron chi connectivity index (χ2n) is 3.19. The Morgan fingerprint density at radius 2 is 2.06 bits per heavy atom. The summed E-state index contributed by atoms with van der Waals surface area (Å²) in [7, 11) is 0.307. The van der Waals surface area contributed by atoms with Crippen molar-refractivity contribution in [1.29, 1.82) is 0 Å². The topological polar surface area (TPSA) is 78.7 Å². The molecular formula is C10H10ClNO5Si+. The van der Waals surface area contributed by atoms with Crippen LogP contribution in [0.2, 0.25) is 6.04 Å². The average Bonchev–Trinajstić information content (AvgIpc) is 2.35. The quantitative estimate of drug-likeness (QED) is 0.153. The van der Waals surface area contributed by atoms with E-state index in [0.29, 0.717) is 15.3 Å². The van der Waals surface area contributed by atoms with E-state index in [1.54, 1.807) is 0 Å². The van der Waals surface area contributed by atoms with Crippen molar-refractivity contribution in [3.05, 3.63) is 34.4 Å². The Labute approximate surface area is 111 Å². The molecule has 1 radical (unpaired) electrons. The van der Waals surface area contributed by atoms with Crippen LogP contribution in [-0.2, 0) is 4.74 Å². The van der Waals surface area contributed by atoms with E-state index in [2.05, 4.69) is 0 Å². The first kappa shape index (κ1) is 14.5. The minimum absolute atomic E-state index is 0.0705. The molecule has 0 aliphatic heterocycles. The predicted molar refractivity (Wildman–Crippen MR) is 66.1 cm³/mol. The molecule has 1 aromatic rings. The lowest BCUT2D eigenvalue weighted by atomic mass is 10.3. The number of benzene rings is 1. The highest BCUT2D eigenvalue weighted by molar-refractivity contribution is 6.93. The zero-order chi connectivity index (χ0) is 13.4. The van der Waals surface area contributed by atoms with Crippen molar-refractivity contribution in [3.8, 4) is 5.75 Å². The van der Waals surface area contributed by atoms with Gasteiger partial charge < -0.3 is 9.47 Å². The lowest BCUT2D eigenvalue weighted by molar-refractivity contribution is -0.384. The number of hydrogen-bond donors (Lipinski definition) is 0. The van der Waals surface area contributed by atoms with E-state index in [1.807, 2.05) is 0 Å². The van der Waals surface area contributed by atoms with E-state index in [-0.39, 0.29) is 18.0 Å². The van der Waals surface area contributed by atoms with Gasteiger partial charge in [0, 0.05) is 18.6 Å². The second kappa shape index (κ2) is 7.67. The van der Waals surface area contributed by atoms with Gasteiger partial charge in [0.15, 0.2) is 0 Å². The van der Waals surface area contributed by atoms with E-state index in [1.165, 1.54) is 24.3 Å². The maximum atomic E-state index is 11.2. The van der Waals surface area contributed by atoms with Crippen LogP contribution in [0.3, 0.4) is 0 Å². The molecule has 18 heavy (non-hydrogen) atoms. The van der Waals surface area contributed by atoms with E-state index in [9.17, 15) is 14.9 Å². The smallest absolute Gasteiger partial charge is 0.434 e. The van der Waals surface area contributed by atoms with E-state index in [4.69, 9.17) is 20.6 Å². The molecule has 0 fully saturated rings. The molecule has 6 nitrogen and oxygen atoms in total. The van der Waals surface area contributed by atoms with E-state index < -0.39 is 11.1 Å². The van der Waals surface area contributed by atoms with Crippen LogP contribution in [0.5, 0.6) is 5.75 Å². The number of ether oxygens (including phenoxy) is 2. The summed E-state index contributed by atoms with van der Waals surface area (Å²) in [5, 5.41) is 10.4. The fourth-order valence-corrected chi connectivity index (χ4v) is 1.73. The van der Waals surface area contributed by atoms with Gasteiger partial charge in [0.1, 0.15) is 22.9 Å². The van der Waals surface area contributed by atoms with Crippen LogP contribution in [0.15, 0.2) is 24.3 Å². The Bertz CT molecular complexity index is 411. The molecule has 0 aliphatic carbocycles. The number of halogens is 1. The van der Waals surface area contributed by atoms with Crippen LogP contribution in [0.25, 0.3) is 0 Å². The molecule has 1 aromatic carbocycles. The number of carbonyl (C=O) groups is 1. The molecule has 0 bridgehead atoms. The first-order valence-corrected chi connectivity index (χ1v) is 7.28. The molecule has 0 N–H and O–H groups in total. The van der Waals surface area contributed by atoms with Gasteiger partial charge in [-0.25, -0.2) is 4.79 Å². The lowest BCUT2D eigenvalue weighted by Gasteiger charge is -2.04. The van der Waals surface area contributed by atoms with Gasteiger partial charge in [-0.3, -0.25) is 10.1 Å². The highest BCUT2D eigenvalue weighted by Crippen LogP contribution is 2.17. The number of carbonyl (C=O) groups excluding carboxylic acids is 1. The van der Waals surface area contributed by atoms with E-state index >= 15 is 0 Å². The molecular weight excluding hydrogens is 278 g/mol. The minimum atomic E-state index is -0.832. The van der Waals surface area contributed by atoms with Crippen LogP contribution < -0.4 is 4.74 Å². The summed E-state index contributed by atoms with van der Waals surface area (Å²) in [4.78, 5) is 21.1. The third-order valence-corrected chi connectivity index (χ3v) is 2.99. The van der Waals surface area contributed by atoms with Gasteiger partial charge >= 0.3 is 15.0 Å². The molecule has 0 aliphatic rings. The Hall–Kier alpha value is -1.60. The Balaban J connectivity index is 2.37. The van der Waals surface area contributed by atoms with Crippen LogP contribution in [0.1, 0.15) is 6.42 Å². The number of hydrogen-bond acceptors (Lipinski definition) is 5. The highest BCUT2D eigenvalue weighted by atomic mass is 35.6. The Morgan fingerprint density at radius 3 is 2.61 bits per heavy atom. The van der Waals surface area contributed by atoms with Gasteiger partial charge in [0.05, 0.1) is 11.5 Å². The van der Waals surface area contributed by atoms with Crippen molar-refractivity contribution in [2.75, 3.05) is 6.61 Å². The monoisotopic (exact) mass is 287 g/mol. The van der Waals surface area contributed by atoms with Crippen molar-refractivity contribution < 1.29 is 19.2 Å². The van der Waals surface area contributed by atoms with Crippen molar-refractivity contribution in [3.63, 3.8) is 0 Å². The van der Waals surface area contributed by atoms with Crippen LogP contribution >= 0.6 is 11.1 Å². The zero-order valence-corrected chi connectivity index (χ0v) is 11.1. The molecule has 1 rings (SSSR count). The molecule has 0 heterocycles. The summed E-state index contributed by atoms with van der Waals surface area (Å²) in [6, 6.07) is 5.94. The SMILES string of the molecule is O=C(OCCC[Si+]Cl)Oc1ccc([N+](=O)[O-])cc1. The first-order chi connectivity index (χ1) is 8.63. The van der Waals surface area contributed by atoms with Crippen molar-refractivity contribution in [1.82, 2.24) is 0 Å². The van der Waals surface area contributed by atoms with Crippen LogP contribution in [-0.4, -0.2) is 26.5 Å². The van der Waals surface area contributed by atoms with Gasteiger partial charge in [-0.15, -0.1) is 0 Å². The normalized spacial score (nSPS) is 9.61. The number of nitrogens with zero attached hydrogens (tertiary/aromatic N) is 1. The fraction of sp³-hybridized carbons (Fsp3) is 0.300. The zero-order valence-electron chi connectivity index (χ0n) is 9.30. The maximum absolute atomic E-state index is 11.2. The Kier molecular flexibility index (Phi) is 6.16. The van der Waals surface area contributed by atoms with Crippen LogP contribution in [0.4, 0.5) is 10.5 Å². The summed E-state index contributed by atoms with van der Waals surface area (Å²) in [5.74, 6) is 0.199. The molecule has 0 spiro atoms. The summed E-state index contributed by atoms with van der Waals surface area (Å²) in [6.07, 6.45) is -0.154. The minimum Gasteiger partial charge on any atom is -0.434 e. The molecule has 8 heteroatoms. The van der Waals surface area contributed by atoms with Crippen LogP contribution in [0, 0.1) is 10.1 Å². The van der Waals surface area contributed by atoms with E-state index in [0.717, 1.165) is 6.04 Å². The first-order valence-electron chi connectivity index (χ1n) is 5.06. The maximum Gasteiger partial charge on any atom is 0.612 e. The number of nitro benzene ring substituents is 1. The molecule has 0 atom stereocenters. The van der Waals surface area contributed by atoms with Gasteiger partial charge in [-0.1, -0.05) is 0 Å². The molecule has 0 amide bonds. The van der Waals surface area contributed by atoms with Gasteiger partial charge in [0.2, 0.25) is 0 Å². The van der Waals surface area contributed by atoms with Gasteiger partial charge in [0.25, 0.3) is 5.69 Å². The number of rotatable bonds is 6. The van der Waals surface area contributed by atoms with Gasteiger partial charge in [-0.05, 0) is 12.1 Å². The third-order valence-electron chi connectivity index (χ3n) is 1.88. The average molecular weight is 288 g/mol. The molecule has 0 saturated heterocycles. The van der Waals surface area contributed by atoms with Gasteiger partial charge in [-0.2, -0.15) is 0 Å². The third kappa shape index (κ3) is 5.15. The van der Waals surface area contributed by atoms with Crippen molar-refractivity contribution in [2.45, 2.75) is 12.5 Å². The standard InChI is InChI=1S/C10H10ClNO5Si/c11-18-7-1-6-16-10(13)17-9-4-2-8(3-5-9)12(14)15/h2-5H,1,6-7H2/q+1.